The van der Waals surface area contributed by atoms with Gasteiger partial charge in [0, 0.05) is 28.6 Å². The molecule has 0 aliphatic rings. The lowest BCUT2D eigenvalue weighted by Gasteiger charge is -2.16. The zero-order valence-corrected chi connectivity index (χ0v) is 19.7. The van der Waals surface area contributed by atoms with E-state index < -0.39 is 10.8 Å². The van der Waals surface area contributed by atoms with E-state index in [0.717, 1.165) is 5.56 Å². The highest BCUT2D eigenvalue weighted by Crippen LogP contribution is 2.39. The fraction of sp³-hybridized carbons (Fsp3) is 0.120. The van der Waals surface area contributed by atoms with Gasteiger partial charge in [-0.15, -0.1) is 11.3 Å². The summed E-state index contributed by atoms with van der Waals surface area (Å²) in [7, 11) is 2.97. The molecule has 4 aromatic rings. The number of aromatic nitrogens is 1. The van der Waals surface area contributed by atoms with Crippen molar-refractivity contribution < 1.29 is 23.9 Å². The van der Waals surface area contributed by atoms with Crippen LogP contribution in [-0.4, -0.2) is 30.0 Å². The molecule has 1 aromatic heterocycles. The van der Waals surface area contributed by atoms with E-state index in [1.54, 1.807) is 29.6 Å². The average Bonchev–Trinajstić information content (AvgIpc) is 3.36. The summed E-state index contributed by atoms with van der Waals surface area (Å²) in [6, 6.07) is 18.9. The molecule has 9 nitrogen and oxygen atoms in total. The van der Waals surface area contributed by atoms with Crippen LogP contribution in [0.3, 0.4) is 0 Å². The normalized spacial score (nSPS) is 10.5. The van der Waals surface area contributed by atoms with Crippen LogP contribution in [0, 0.1) is 10.1 Å². The summed E-state index contributed by atoms with van der Waals surface area (Å²) >= 11 is 1.21. The van der Waals surface area contributed by atoms with Gasteiger partial charge in [0.15, 0.2) is 16.6 Å². The molecule has 0 unspecified atom stereocenters. The first-order chi connectivity index (χ1) is 17.0. The van der Waals surface area contributed by atoms with Crippen LogP contribution in [0.1, 0.15) is 15.9 Å². The standard InChI is InChI=1S/C25H21N3O6S/c1-32-21-12-18(13-22(33-2)23(21)34-14-16-7-4-3-5-8-16)24(29)27-25-26-20(15-35-25)17-9-6-10-19(11-17)28(30)31/h3-13,15H,14H2,1-2H3,(H,26,27,29). The lowest BCUT2D eigenvalue weighted by Crippen LogP contribution is -2.12. The van der Waals surface area contributed by atoms with E-state index in [0.29, 0.717) is 40.2 Å². The van der Waals surface area contributed by atoms with Gasteiger partial charge < -0.3 is 14.2 Å². The Morgan fingerprint density at radius 2 is 1.74 bits per heavy atom. The van der Waals surface area contributed by atoms with E-state index in [4.69, 9.17) is 14.2 Å². The molecular formula is C25H21N3O6S. The SMILES string of the molecule is COc1cc(C(=O)Nc2nc(-c3cccc([N+](=O)[O-])c3)cs2)cc(OC)c1OCc1ccccc1. The minimum atomic E-state index is -0.466. The van der Waals surface area contributed by atoms with Crippen molar-refractivity contribution in [1.82, 2.24) is 4.98 Å². The number of carbonyl (C=O) groups is 1. The summed E-state index contributed by atoms with van der Waals surface area (Å²) in [4.78, 5) is 27.9. The molecule has 1 heterocycles. The Bertz CT molecular complexity index is 1330. The van der Waals surface area contributed by atoms with Crippen molar-refractivity contribution >= 4 is 28.1 Å². The molecular weight excluding hydrogens is 470 g/mol. The van der Waals surface area contributed by atoms with Crippen molar-refractivity contribution in [3.8, 4) is 28.5 Å². The largest absolute Gasteiger partial charge is 0.493 e. The van der Waals surface area contributed by atoms with Crippen molar-refractivity contribution in [3.05, 3.63) is 93.4 Å². The number of anilines is 1. The van der Waals surface area contributed by atoms with Gasteiger partial charge in [0.1, 0.15) is 6.61 Å². The Morgan fingerprint density at radius 1 is 1.03 bits per heavy atom. The number of nitro benzene ring substituents is 1. The van der Waals surface area contributed by atoms with Crippen LogP contribution in [-0.2, 0) is 6.61 Å². The fourth-order valence-corrected chi connectivity index (χ4v) is 4.01. The molecule has 0 radical (unpaired) electrons. The number of nitrogens with zero attached hydrogens (tertiary/aromatic N) is 2. The van der Waals surface area contributed by atoms with Gasteiger partial charge >= 0.3 is 0 Å². The Hall–Kier alpha value is -4.44. The van der Waals surface area contributed by atoms with Gasteiger partial charge in [0.05, 0.1) is 24.8 Å². The van der Waals surface area contributed by atoms with Crippen molar-refractivity contribution in [3.63, 3.8) is 0 Å². The molecule has 0 spiro atoms. The van der Waals surface area contributed by atoms with Crippen LogP contribution in [0.5, 0.6) is 17.2 Å². The van der Waals surface area contributed by atoms with Gasteiger partial charge in [-0.2, -0.15) is 0 Å². The molecule has 0 aliphatic heterocycles. The molecule has 3 aromatic carbocycles. The highest BCUT2D eigenvalue weighted by atomic mass is 32.1. The lowest BCUT2D eigenvalue weighted by molar-refractivity contribution is -0.384. The van der Waals surface area contributed by atoms with E-state index in [1.165, 1.54) is 37.7 Å². The highest BCUT2D eigenvalue weighted by molar-refractivity contribution is 7.14. The summed E-state index contributed by atoms with van der Waals surface area (Å²) in [5.41, 5.74) is 2.34. The molecule has 0 aliphatic carbocycles. The van der Waals surface area contributed by atoms with Gasteiger partial charge in [0.25, 0.3) is 11.6 Å². The second-order valence-electron chi connectivity index (χ2n) is 7.28. The van der Waals surface area contributed by atoms with Gasteiger partial charge in [-0.05, 0) is 17.7 Å². The molecule has 0 fully saturated rings. The van der Waals surface area contributed by atoms with Crippen LogP contribution in [0.25, 0.3) is 11.3 Å². The Morgan fingerprint density at radius 3 is 2.40 bits per heavy atom. The van der Waals surface area contributed by atoms with E-state index in [9.17, 15) is 14.9 Å². The molecule has 4 rings (SSSR count). The van der Waals surface area contributed by atoms with Crippen LogP contribution in [0.4, 0.5) is 10.8 Å². The van der Waals surface area contributed by atoms with Gasteiger partial charge in [-0.25, -0.2) is 4.98 Å². The number of methoxy groups -OCH3 is 2. The van der Waals surface area contributed by atoms with E-state index >= 15 is 0 Å². The number of benzene rings is 3. The fourth-order valence-electron chi connectivity index (χ4n) is 3.29. The number of non-ortho nitro benzene ring substituents is 1. The number of hydrogen-bond acceptors (Lipinski definition) is 8. The van der Waals surface area contributed by atoms with Crippen LogP contribution in [0.2, 0.25) is 0 Å². The first-order valence-corrected chi connectivity index (χ1v) is 11.3. The Balaban J connectivity index is 1.53. The average molecular weight is 492 g/mol. The highest BCUT2D eigenvalue weighted by Gasteiger charge is 2.19. The number of ether oxygens (including phenoxy) is 3. The molecule has 178 valence electrons. The Labute approximate surface area is 205 Å². The molecule has 1 N–H and O–H groups in total. The number of nitrogens with one attached hydrogen (secondary N) is 1. The quantitative estimate of drug-likeness (QED) is 0.241. The summed E-state index contributed by atoms with van der Waals surface area (Å²) < 4.78 is 16.8. The first kappa shape index (κ1) is 23.7. The third-order valence-electron chi connectivity index (χ3n) is 5.03. The lowest BCUT2D eigenvalue weighted by atomic mass is 10.1. The molecule has 35 heavy (non-hydrogen) atoms. The van der Waals surface area contributed by atoms with Crippen molar-refractivity contribution in [2.24, 2.45) is 0 Å². The molecule has 1 amide bonds. The molecule has 0 bridgehead atoms. The monoisotopic (exact) mass is 491 g/mol. The minimum absolute atomic E-state index is 0.0325. The number of hydrogen-bond donors (Lipinski definition) is 1. The Kier molecular flexibility index (Phi) is 7.22. The second-order valence-corrected chi connectivity index (χ2v) is 8.14. The summed E-state index contributed by atoms with van der Waals surface area (Å²) in [5, 5.41) is 15.8. The minimum Gasteiger partial charge on any atom is -0.493 e. The van der Waals surface area contributed by atoms with Crippen molar-refractivity contribution in [1.29, 1.82) is 0 Å². The maximum Gasteiger partial charge on any atom is 0.270 e. The maximum atomic E-state index is 12.9. The van der Waals surface area contributed by atoms with Crippen LogP contribution >= 0.6 is 11.3 Å². The van der Waals surface area contributed by atoms with Crippen molar-refractivity contribution in [2.45, 2.75) is 6.61 Å². The van der Waals surface area contributed by atoms with Crippen LogP contribution < -0.4 is 19.5 Å². The zero-order chi connectivity index (χ0) is 24.8. The number of amides is 1. The summed E-state index contributed by atoms with van der Waals surface area (Å²) in [6.07, 6.45) is 0. The maximum absolute atomic E-state index is 12.9. The van der Waals surface area contributed by atoms with Crippen LogP contribution in [0.15, 0.2) is 72.1 Å². The predicted molar refractivity (Wildman–Crippen MR) is 132 cm³/mol. The van der Waals surface area contributed by atoms with Gasteiger partial charge in [-0.1, -0.05) is 42.5 Å². The van der Waals surface area contributed by atoms with Gasteiger partial charge in [0.2, 0.25) is 5.75 Å². The third kappa shape index (κ3) is 5.56. The molecule has 0 saturated carbocycles. The van der Waals surface area contributed by atoms with Crippen molar-refractivity contribution in [2.75, 3.05) is 19.5 Å². The predicted octanol–water partition coefficient (Wildman–Crippen LogP) is 5.57. The van der Waals surface area contributed by atoms with E-state index in [-0.39, 0.29) is 11.3 Å². The number of carbonyl (C=O) groups excluding carboxylic acids is 1. The first-order valence-electron chi connectivity index (χ1n) is 10.4. The summed E-state index contributed by atoms with van der Waals surface area (Å²) in [5.74, 6) is 0.664. The van der Waals surface area contributed by atoms with Gasteiger partial charge in [-0.3, -0.25) is 20.2 Å². The number of nitro groups is 1. The van der Waals surface area contributed by atoms with E-state index in [1.807, 2.05) is 30.3 Å². The number of rotatable bonds is 9. The molecule has 0 atom stereocenters. The van der Waals surface area contributed by atoms with E-state index in [2.05, 4.69) is 10.3 Å². The smallest absolute Gasteiger partial charge is 0.270 e. The third-order valence-corrected chi connectivity index (χ3v) is 5.78. The molecule has 10 heteroatoms. The molecule has 0 saturated heterocycles. The second kappa shape index (κ2) is 10.7. The summed E-state index contributed by atoms with van der Waals surface area (Å²) in [6.45, 7) is 0.304. The zero-order valence-electron chi connectivity index (χ0n) is 18.9. The topological polar surface area (TPSA) is 113 Å². The number of thiazole rings is 1.